The summed E-state index contributed by atoms with van der Waals surface area (Å²) in [6.07, 6.45) is 0. The van der Waals surface area contributed by atoms with Crippen molar-refractivity contribution in [1.29, 1.82) is 0 Å². The molecule has 0 aliphatic carbocycles. The van der Waals surface area contributed by atoms with Gasteiger partial charge in [0.1, 0.15) is 0 Å². The molecule has 8 nitrogen and oxygen atoms in total. The molecule has 0 amide bonds. The zero-order chi connectivity index (χ0) is 34.2. The smallest absolute Gasteiger partial charge is 0.338 e. The summed E-state index contributed by atoms with van der Waals surface area (Å²) in [6.45, 7) is 4.12. The van der Waals surface area contributed by atoms with Crippen LogP contribution in [0, 0.1) is 0 Å². The van der Waals surface area contributed by atoms with Crippen LogP contribution in [-0.4, -0.2) is 47.3 Å². The highest BCUT2D eigenvalue weighted by molar-refractivity contribution is 7.14. The molecule has 0 aliphatic rings. The standard InChI is InChI=1S/C20H18O4S2.C16H10O4S2/c1-3-23-19(21)15-11-14(18-8-6-10-26-18)16(20(22)24-4-2)12-13(15)17-7-5-9-25-17;17-15(18)11-8-10(14-4-2-6-22-14)12(16(19)20)7-9(11)13-3-1-5-21-13/h5-12H,3-4H2,1-2H3;1-8H,(H,17,18)(H,19,20). The maximum absolute atomic E-state index is 12.6. The molecule has 12 heteroatoms. The van der Waals surface area contributed by atoms with E-state index in [2.05, 4.69) is 0 Å². The molecule has 0 unspecified atom stereocenters. The first-order valence-electron chi connectivity index (χ1n) is 14.6. The topological polar surface area (TPSA) is 127 Å². The van der Waals surface area contributed by atoms with E-state index in [4.69, 9.17) is 9.47 Å². The van der Waals surface area contributed by atoms with E-state index in [1.165, 1.54) is 57.5 Å². The van der Waals surface area contributed by atoms with Crippen LogP contribution in [0.25, 0.3) is 41.8 Å². The monoisotopic (exact) mass is 716 g/mol. The fourth-order valence-corrected chi connectivity index (χ4v) is 7.88. The Kier molecular flexibility index (Phi) is 11.3. The third-order valence-electron chi connectivity index (χ3n) is 6.91. The van der Waals surface area contributed by atoms with Crippen LogP contribution in [0.2, 0.25) is 0 Å². The minimum absolute atomic E-state index is 0.107. The molecule has 4 aromatic heterocycles. The molecule has 2 aromatic carbocycles. The second-order valence-electron chi connectivity index (χ2n) is 9.85. The summed E-state index contributed by atoms with van der Waals surface area (Å²) in [6, 6.07) is 21.2. The highest BCUT2D eigenvalue weighted by atomic mass is 32.1. The van der Waals surface area contributed by atoms with Crippen LogP contribution in [-0.2, 0) is 9.47 Å². The van der Waals surface area contributed by atoms with Gasteiger partial charge in [-0.05, 0) is 83.9 Å². The molecule has 4 heterocycles. The van der Waals surface area contributed by atoms with Crippen molar-refractivity contribution in [2.24, 2.45) is 0 Å². The maximum atomic E-state index is 12.6. The summed E-state index contributed by atoms with van der Waals surface area (Å²) >= 11 is 5.77. The number of carboxylic acid groups (broad SMARTS) is 2. The van der Waals surface area contributed by atoms with E-state index in [1.54, 1.807) is 50.2 Å². The van der Waals surface area contributed by atoms with Crippen molar-refractivity contribution in [3.63, 3.8) is 0 Å². The van der Waals surface area contributed by atoms with Crippen LogP contribution in [0.5, 0.6) is 0 Å². The van der Waals surface area contributed by atoms with Crippen molar-refractivity contribution in [2.45, 2.75) is 13.8 Å². The third-order valence-corrected chi connectivity index (χ3v) is 10.5. The summed E-state index contributed by atoms with van der Waals surface area (Å²) in [5.41, 5.74) is 3.34. The molecule has 0 fully saturated rings. The van der Waals surface area contributed by atoms with Gasteiger partial charge in [0.15, 0.2) is 0 Å². The van der Waals surface area contributed by atoms with Gasteiger partial charge >= 0.3 is 23.9 Å². The van der Waals surface area contributed by atoms with Gasteiger partial charge in [-0.2, -0.15) is 0 Å². The van der Waals surface area contributed by atoms with Crippen molar-refractivity contribution in [2.75, 3.05) is 13.2 Å². The zero-order valence-electron chi connectivity index (χ0n) is 25.6. The molecule has 6 aromatic rings. The van der Waals surface area contributed by atoms with E-state index in [-0.39, 0.29) is 24.3 Å². The Balaban J connectivity index is 0.000000190. The van der Waals surface area contributed by atoms with Gasteiger partial charge in [-0.25, -0.2) is 19.2 Å². The summed E-state index contributed by atoms with van der Waals surface area (Å²) in [5, 5.41) is 26.5. The second-order valence-corrected chi connectivity index (χ2v) is 13.6. The van der Waals surface area contributed by atoms with Crippen LogP contribution < -0.4 is 0 Å². The Hall–Kier alpha value is -4.88. The number of rotatable bonds is 10. The number of carbonyl (C=O) groups excluding carboxylic acids is 2. The van der Waals surface area contributed by atoms with E-state index >= 15 is 0 Å². The predicted molar refractivity (Wildman–Crippen MR) is 192 cm³/mol. The molecule has 0 saturated carbocycles. The van der Waals surface area contributed by atoms with Gasteiger partial charge in [-0.3, -0.25) is 0 Å². The summed E-state index contributed by atoms with van der Waals surface area (Å²) in [5.74, 6) is -2.94. The molecule has 0 radical (unpaired) electrons. The van der Waals surface area contributed by atoms with Crippen LogP contribution in [0.15, 0.2) is 94.3 Å². The molecule has 244 valence electrons. The number of thiophene rings is 4. The van der Waals surface area contributed by atoms with Gasteiger partial charge in [-0.1, -0.05) is 24.3 Å². The quantitative estimate of drug-likeness (QED) is 0.134. The number of aromatic carboxylic acids is 2. The van der Waals surface area contributed by atoms with Crippen molar-refractivity contribution in [1.82, 2.24) is 0 Å². The van der Waals surface area contributed by atoms with Gasteiger partial charge in [0.2, 0.25) is 0 Å². The average molecular weight is 717 g/mol. The van der Waals surface area contributed by atoms with E-state index in [0.717, 1.165) is 19.5 Å². The zero-order valence-corrected chi connectivity index (χ0v) is 28.9. The highest BCUT2D eigenvalue weighted by Gasteiger charge is 2.24. The molecule has 0 atom stereocenters. The van der Waals surface area contributed by atoms with Crippen LogP contribution in [0.3, 0.4) is 0 Å². The first-order valence-corrected chi connectivity index (χ1v) is 18.1. The summed E-state index contributed by atoms with van der Waals surface area (Å²) in [7, 11) is 0. The summed E-state index contributed by atoms with van der Waals surface area (Å²) < 4.78 is 10.5. The highest BCUT2D eigenvalue weighted by Crippen LogP contribution is 2.38. The van der Waals surface area contributed by atoms with Crippen LogP contribution in [0.4, 0.5) is 0 Å². The first kappa shape index (κ1) is 34.5. The normalized spacial score (nSPS) is 10.5. The SMILES string of the molecule is CCOC(=O)c1cc(-c2cccs2)c(C(=O)OCC)cc1-c1cccs1.O=C(O)c1cc(-c2cccs2)c(C(=O)O)cc1-c1cccs1. The average Bonchev–Trinajstić information content (AvgIpc) is 3.92. The predicted octanol–water partition coefficient (Wildman–Crippen LogP) is 10.0. The fraction of sp³-hybridized carbons (Fsp3) is 0.111. The van der Waals surface area contributed by atoms with Gasteiger partial charge < -0.3 is 19.7 Å². The van der Waals surface area contributed by atoms with E-state index < -0.39 is 23.9 Å². The number of hydrogen-bond donors (Lipinski definition) is 2. The van der Waals surface area contributed by atoms with Crippen LogP contribution >= 0.6 is 45.3 Å². The fourth-order valence-electron chi connectivity index (χ4n) is 4.85. The molecular formula is C36H28O8S4. The van der Waals surface area contributed by atoms with Gasteiger partial charge in [-0.15, -0.1) is 45.3 Å². The number of carboxylic acids is 2. The Morgan fingerprint density at radius 3 is 1.00 bits per heavy atom. The lowest BCUT2D eigenvalue weighted by atomic mass is 9.96. The van der Waals surface area contributed by atoms with Crippen molar-refractivity contribution >= 4 is 69.2 Å². The third kappa shape index (κ3) is 7.63. The van der Waals surface area contributed by atoms with Crippen molar-refractivity contribution < 1.29 is 38.9 Å². The van der Waals surface area contributed by atoms with E-state index in [1.807, 2.05) is 45.8 Å². The molecule has 0 spiro atoms. The van der Waals surface area contributed by atoms with Gasteiger partial charge in [0.25, 0.3) is 0 Å². The Bertz CT molecular complexity index is 1880. The Morgan fingerprint density at radius 2 is 0.771 bits per heavy atom. The lowest BCUT2D eigenvalue weighted by molar-refractivity contribution is 0.0513. The Morgan fingerprint density at radius 1 is 0.500 bits per heavy atom. The minimum atomic E-state index is -1.07. The number of esters is 2. The second kappa shape index (κ2) is 15.8. The van der Waals surface area contributed by atoms with Gasteiger partial charge in [0, 0.05) is 41.8 Å². The number of ether oxygens (including phenoxy) is 2. The maximum Gasteiger partial charge on any atom is 0.338 e. The number of carbonyl (C=O) groups is 4. The lowest BCUT2D eigenvalue weighted by Crippen LogP contribution is -2.11. The number of benzene rings is 2. The van der Waals surface area contributed by atoms with Crippen molar-refractivity contribution in [3.05, 3.63) is 117 Å². The van der Waals surface area contributed by atoms with Crippen molar-refractivity contribution in [3.8, 4) is 41.8 Å². The molecule has 2 N–H and O–H groups in total. The van der Waals surface area contributed by atoms with Gasteiger partial charge in [0.05, 0.1) is 35.5 Å². The van der Waals surface area contributed by atoms with E-state index in [9.17, 15) is 29.4 Å². The Labute approximate surface area is 292 Å². The molecule has 6 rings (SSSR count). The summed E-state index contributed by atoms with van der Waals surface area (Å²) in [4.78, 5) is 51.5. The molecule has 0 saturated heterocycles. The number of hydrogen-bond acceptors (Lipinski definition) is 10. The van der Waals surface area contributed by atoms with Crippen LogP contribution in [0.1, 0.15) is 55.3 Å². The van der Waals surface area contributed by atoms with E-state index in [0.29, 0.717) is 33.4 Å². The molecule has 0 bridgehead atoms. The molecule has 48 heavy (non-hydrogen) atoms. The largest absolute Gasteiger partial charge is 0.478 e. The molecular weight excluding hydrogens is 689 g/mol. The molecule has 0 aliphatic heterocycles. The minimum Gasteiger partial charge on any atom is -0.478 e. The first-order chi connectivity index (χ1) is 23.2. The lowest BCUT2D eigenvalue weighted by Gasteiger charge is -2.14.